The maximum absolute atomic E-state index is 13.4. The van der Waals surface area contributed by atoms with E-state index in [1.807, 2.05) is 0 Å². The van der Waals surface area contributed by atoms with Crippen LogP contribution in [0, 0.1) is 5.82 Å². The van der Waals surface area contributed by atoms with Crippen molar-refractivity contribution in [1.82, 2.24) is 15.5 Å². The Balaban J connectivity index is 2.10. The molecule has 1 aromatic carbocycles. The summed E-state index contributed by atoms with van der Waals surface area (Å²) in [5.41, 5.74) is 0.335. The summed E-state index contributed by atoms with van der Waals surface area (Å²) in [7, 11) is 0. The Labute approximate surface area is 98.9 Å². The van der Waals surface area contributed by atoms with Crippen molar-refractivity contribution in [3.63, 3.8) is 0 Å². The molecular formula is C12H14FN3O. The number of aromatic nitrogens is 2. The molecule has 0 radical (unpaired) electrons. The van der Waals surface area contributed by atoms with E-state index < -0.39 is 0 Å². The molecule has 0 fully saturated rings. The predicted octanol–water partition coefficient (Wildman–Crippen LogP) is 2.38. The van der Waals surface area contributed by atoms with Crippen molar-refractivity contribution in [3.8, 4) is 11.5 Å². The van der Waals surface area contributed by atoms with Gasteiger partial charge in [-0.3, -0.25) is 0 Å². The summed E-state index contributed by atoms with van der Waals surface area (Å²) in [6.07, 6.45) is 1.04. The van der Waals surface area contributed by atoms with E-state index in [4.69, 9.17) is 4.42 Å². The summed E-state index contributed by atoms with van der Waals surface area (Å²) in [6, 6.07) is 6.34. The van der Waals surface area contributed by atoms with Gasteiger partial charge in [0.2, 0.25) is 5.89 Å². The lowest BCUT2D eigenvalue weighted by atomic mass is 10.2. The molecule has 2 aromatic rings. The van der Waals surface area contributed by atoms with Crippen LogP contribution in [0.25, 0.3) is 11.5 Å². The Morgan fingerprint density at radius 2 is 2.12 bits per heavy atom. The zero-order valence-electron chi connectivity index (χ0n) is 9.61. The van der Waals surface area contributed by atoms with Crippen LogP contribution in [-0.4, -0.2) is 16.7 Å². The molecule has 90 valence electrons. The van der Waals surface area contributed by atoms with Gasteiger partial charge in [-0.2, -0.15) is 0 Å². The number of hydrogen-bond acceptors (Lipinski definition) is 4. The highest BCUT2D eigenvalue weighted by Gasteiger charge is 2.11. The SMILES string of the molecule is CCCNCc1nnc(-c2ccccc2F)o1. The highest BCUT2D eigenvalue weighted by molar-refractivity contribution is 5.53. The number of hydrogen-bond donors (Lipinski definition) is 1. The van der Waals surface area contributed by atoms with E-state index >= 15 is 0 Å². The van der Waals surface area contributed by atoms with Gasteiger partial charge in [-0.15, -0.1) is 10.2 Å². The van der Waals surface area contributed by atoms with E-state index in [9.17, 15) is 4.39 Å². The molecule has 0 aliphatic heterocycles. The van der Waals surface area contributed by atoms with Gasteiger partial charge in [-0.1, -0.05) is 19.1 Å². The molecule has 0 saturated heterocycles. The monoisotopic (exact) mass is 235 g/mol. The van der Waals surface area contributed by atoms with Gasteiger partial charge in [0, 0.05) is 0 Å². The molecule has 0 bridgehead atoms. The van der Waals surface area contributed by atoms with Crippen molar-refractivity contribution in [1.29, 1.82) is 0 Å². The van der Waals surface area contributed by atoms with Crippen LogP contribution in [0.4, 0.5) is 4.39 Å². The third-order valence-corrected chi connectivity index (χ3v) is 2.27. The quantitative estimate of drug-likeness (QED) is 0.808. The number of rotatable bonds is 5. The van der Waals surface area contributed by atoms with Gasteiger partial charge < -0.3 is 9.73 Å². The van der Waals surface area contributed by atoms with Crippen molar-refractivity contribution in [3.05, 3.63) is 36.0 Å². The first-order valence-electron chi connectivity index (χ1n) is 5.59. The molecule has 4 nitrogen and oxygen atoms in total. The van der Waals surface area contributed by atoms with E-state index in [-0.39, 0.29) is 11.7 Å². The molecule has 0 atom stereocenters. The van der Waals surface area contributed by atoms with Gasteiger partial charge in [0.1, 0.15) is 5.82 Å². The van der Waals surface area contributed by atoms with E-state index in [0.29, 0.717) is 18.0 Å². The molecule has 1 aromatic heterocycles. The van der Waals surface area contributed by atoms with E-state index in [1.165, 1.54) is 6.07 Å². The second-order valence-corrected chi connectivity index (χ2v) is 3.66. The molecule has 0 aliphatic rings. The average Bonchev–Trinajstić information content (AvgIpc) is 2.79. The van der Waals surface area contributed by atoms with E-state index in [2.05, 4.69) is 22.4 Å². The summed E-state index contributed by atoms with van der Waals surface area (Å²) >= 11 is 0. The van der Waals surface area contributed by atoms with Gasteiger partial charge in [-0.05, 0) is 25.1 Å². The number of benzene rings is 1. The van der Waals surface area contributed by atoms with Crippen LogP contribution in [0.15, 0.2) is 28.7 Å². The summed E-state index contributed by atoms with van der Waals surface area (Å²) in [6.45, 7) is 3.47. The first kappa shape index (κ1) is 11.7. The lowest BCUT2D eigenvalue weighted by Crippen LogP contribution is -2.13. The Kier molecular flexibility index (Phi) is 3.82. The fourth-order valence-electron chi connectivity index (χ4n) is 1.44. The number of nitrogens with zero attached hydrogens (tertiary/aromatic N) is 2. The normalized spacial score (nSPS) is 10.7. The van der Waals surface area contributed by atoms with Crippen LogP contribution in [0.2, 0.25) is 0 Å². The molecule has 1 heterocycles. The summed E-state index contributed by atoms with van der Waals surface area (Å²) in [5, 5.41) is 10.8. The lowest BCUT2D eigenvalue weighted by Gasteiger charge is -1.97. The maximum atomic E-state index is 13.4. The minimum absolute atomic E-state index is 0.219. The topological polar surface area (TPSA) is 51.0 Å². The first-order chi connectivity index (χ1) is 8.31. The van der Waals surface area contributed by atoms with Crippen LogP contribution in [0.5, 0.6) is 0 Å². The molecule has 5 heteroatoms. The van der Waals surface area contributed by atoms with E-state index in [1.54, 1.807) is 18.2 Å². The fraction of sp³-hybridized carbons (Fsp3) is 0.333. The van der Waals surface area contributed by atoms with Crippen molar-refractivity contribution < 1.29 is 8.81 Å². The Morgan fingerprint density at radius 3 is 2.88 bits per heavy atom. The smallest absolute Gasteiger partial charge is 0.250 e. The Bertz CT molecular complexity index is 484. The fourth-order valence-corrected chi connectivity index (χ4v) is 1.44. The predicted molar refractivity (Wildman–Crippen MR) is 61.7 cm³/mol. The minimum Gasteiger partial charge on any atom is -0.419 e. The van der Waals surface area contributed by atoms with Crippen LogP contribution in [0.3, 0.4) is 0 Å². The van der Waals surface area contributed by atoms with Crippen LogP contribution in [0.1, 0.15) is 19.2 Å². The molecule has 0 spiro atoms. The molecule has 0 saturated carbocycles. The molecular weight excluding hydrogens is 221 g/mol. The van der Waals surface area contributed by atoms with Gasteiger partial charge in [0.05, 0.1) is 12.1 Å². The van der Waals surface area contributed by atoms with E-state index in [0.717, 1.165) is 13.0 Å². The summed E-state index contributed by atoms with van der Waals surface area (Å²) in [5.74, 6) is 0.331. The summed E-state index contributed by atoms with van der Waals surface area (Å²) < 4.78 is 18.8. The lowest BCUT2D eigenvalue weighted by molar-refractivity contribution is 0.475. The molecule has 0 amide bonds. The van der Waals surface area contributed by atoms with Crippen LogP contribution < -0.4 is 5.32 Å². The van der Waals surface area contributed by atoms with Gasteiger partial charge in [0.15, 0.2) is 0 Å². The highest BCUT2D eigenvalue weighted by Crippen LogP contribution is 2.20. The third-order valence-electron chi connectivity index (χ3n) is 2.27. The van der Waals surface area contributed by atoms with Gasteiger partial charge in [0.25, 0.3) is 5.89 Å². The maximum Gasteiger partial charge on any atom is 0.250 e. The first-order valence-corrected chi connectivity index (χ1v) is 5.59. The third kappa shape index (κ3) is 2.88. The van der Waals surface area contributed by atoms with Crippen molar-refractivity contribution in [2.75, 3.05) is 6.54 Å². The van der Waals surface area contributed by atoms with Crippen LogP contribution in [-0.2, 0) is 6.54 Å². The Hall–Kier alpha value is -1.75. The molecule has 17 heavy (non-hydrogen) atoms. The molecule has 0 unspecified atom stereocenters. The molecule has 0 aliphatic carbocycles. The highest BCUT2D eigenvalue weighted by atomic mass is 19.1. The largest absolute Gasteiger partial charge is 0.419 e. The van der Waals surface area contributed by atoms with Crippen molar-refractivity contribution in [2.24, 2.45) is 0 Å². The zero-order valence-corrected chi connectivity index (χ0v) is 9.61. The summed E-state index contributed by atoms with van der Waals surface area (Å²) in [4.78, 5) is 0. The molecule has 2 rings (SSSR count). The zero-order chi connectivity index (χ0) is 12.1. The standard InChI is InChI=1S/C12H14FN3O/c1-2-7-14-8-11-15-16-12(17-11)9-5-3-4-6-10(9)13/h3-6,14H,2,7-8H2,1H3. The Morgan fingerprint density at radius 1 is 1.29 bits per heavy atom. The van der Waals surface area contributed by atoms with Crippen LogP contribution >= 0.6 is 0 Å². The number of halogens is 1. The minimum atomic E-state index is -0.357. The van der Waals surface area contributed by atoms with Gasteiger partial charge in [-0.25, -0.2) is 4.39 Å². The molecule has 1 N–H and O–H groups in total. The van der Waals surface area contributed by atoms with Crippen molar-refractivity contribution >= 4 is 0 Å². The second-order valence-electron chi connectivity index (χ2n) is 3.66. The van der Waals surface area contributed by atoms with Crippen molar-refractivity contribution in [2.45, 2.75) is 19.9 Å². The number of nitrogens with one attached hydrogen (secondary N) is 1. The average molecular weight is 235 g/mol. The van der Waals surface area contributed by atoms with Gasteiger partial charge >= 0.3 is 0 Å². The second kappa shape index (κ2) is 5.54.